The van der Waals surface area contributed by atoms with Crippen LogP contribution in [0.3, 0.4) is 0 Å². The van der Waals surface area contributed by atoms with Crippen LogP contribution in [-0.2, 0) is 4.79 Å². The van der Waals surface area contributed by atoms with Crippen LogP contribution in [0.5, 0.6) is 5.75 Å². The van der Waals surface area contributed by atoms with Gasteiger partial charge in [0.15, 0.2) is 5.16 Å². The quantitative estimate of drug-likeness (QED) is 0.205. The second-order valence-corrected chi connectivity index (χ2v) is 8.80. The van der Waals surface area contributed by atoms with Crippen LogP contribution in [0.1, 0.15) is 6.92 Å². The lowest BCUT2D eigenvalue weighted by Crippen LogP contribution is -2.23. The number of nitrogens with zero attached hydrogens (tertiary/aromatic N) is 3. The Morgan fingerprint density at radius 1 is 1.18 bits per heavy atom. The summed E-state index contributed by atoms with van der Waals surface area (Å²) in [6, 6.07) is 19.2. The Morgan fingerprint density at radius 3 is 2.58 bits per heavy atom. The Morgan fingerprint density at radius 2 is 1.91 bits per heavy atom. The zero-order valence-corrected chi connectivity index (χ0v) is 19.3. The van der Waals surface area contributed by atoms with Gasteiger partial charge in [-0.2, -0.15) is 0 Å². The van der Waals surface area contributed by atoms with Crippen molar-refractivity contribution in [2.24, 2.45) is 0 Å². The lowest BCUT2D eigenvalue weighted by molar-refractivity contribution is -0.384. The number of hydrogen-bond acceptors (Lipinski definition) is 6. The summed E-state index contributed by atoms with van der Waals surface area (Å²) in [6.07, 6.45) is 0. The molecule has 4 aromatic rings. The molecular formula is C23H19ClN4O4S. The van der Waals surface area contributed by atoms with Crippen LogP contribution in [0.15, 0.2) is 71.9 Å². The van der Waals surface area contributed by atoms with Crippen LogP contribution in [-0.4, -0.2) is 32.7 Å². The number of halogens is 1. The van der Waals surface area contributed by atoms with E-state index in [1.54, 1.807) is 14.0 Å². The van der Waals surface area contributed by atoms with Gasteiger partial charge in [0.25, 0.3) is 5.69 Å². The molecule has 0 saturated carbocycles. The molecule has 0 spiro atoms. The number of nitrogens with one attached hydrogen (secondary N) is 1. The number of hydrogen-bond donors (Lipinski definition) is 1. The van der Waals surface area contributed by atoms with E-state index in [4.69, 9.17) is 21.3 Å². The predicted octanol–water partition coefficient (Wildman–Crippen LogP) is 5.72. The lowest BCUT2D eigenvalue weighted by Gasteiger charge is -2.14. The van der Waals surface area contributed by atoms with Crippen molar-refractivity contribution in [3.63, 3.8) is 0 Å². The van der Waals surface area contributed by atoms with Gasteiger partial charge in [0.1, 0.15) is 5.75 Å². The molecule has 1 amide bonds. The van der Waals surface area contributed by atoms with Crippen molar-refractivity contribution in [1.29, 1.82) is 0 Å². The van der Waals surface area contributed by atoms with E-state index in [1.165, 1.54) is 30.0 Å². The van der Waals surface area contributed by atoms with Gasteiger partial charge in [-0.25, -0.2) is 4.98 Å². The van der Waals surface area contributed by atoms with Gasteiger partial charge in [-0.05, 0) is 49.4 Å². The molecule has 10 heteroatoms. The van der Waals surface area contributed by atoms with E-state index >= 15 is 0 Å². The van der Waals surface area contributed by atoms with Gasteiger partial charge < -0.3 is 10.1 Å². The van der Waals surface area contributed by atoms with Crippen LogP contribution in [0.4, 0.5) is 11.4 Å². The second kappa shape index (κ2) is 9.51. The molecule has 0 fully saturated rings. The molecule has 1 aromatic heterocycles. The topological polar surface area (TPSA) is 99.3 Å². The van der Waals surface area contributed by atoms with E-state index in [0.29, 0.717) is 10.8 Å². The average molecular weight is 483 g/mol. The molecule has 1 atom stereocenters. The summed E-state index contributed by atoms with van der Waals surface area (Å²) in [4.78, 5) is 27.9. The zero-order chi connectivity index (χ0) is 23.5. The van der Waals surface area contributed by atoms with Gasteiger partial charge in [0.05, 0.1) is 39.0 Å². The standard InChI is InChI=1S/C23H19ClN4O4S/c1-14(22(29)25-19-12-9-16(28(30)31)13-18(19)24)33-23-26-20-5-3-4-6-21(20)27(23)15-7-10-17(32-2)11-8-15/h3-14H,1-2H3,(H,25,29)/t14-/m0/s1. The smallest absolute Gasteiger partial charge is 0.271 e. The molecule has 8 nitrogen and oxygen atoms in total. The maximum atomic E-state index is 12.9. The number of carbonyl (C=O) groups excluding carboxylic acids is 1. The Bertz CT molecular complexity index is 1340. The number of imidazole rings is 1. The number of amides is 1. The first kappa shape index (κ1) is 22.6. The zero-order valence-electron chi connectivity index (χ0n) is 17.7. The number of benzene rings is 3. The number of para-hydroxylation sites is 2. The average Bonchev–Trinajstić information content (AvgIpc) is 3.17. The molecule has 0 saturated heterocycles. The summed E-state index contributed by atoms with van der Waals surface area (Å²) in [7, 11) is 1.61. The third-order valence-electron chi connectivity index (χ3n) is 4.93. The molecule has 0 bridgehead atoms. The maximum absolute atomic E-state index is 12.9. The first-order valence-electron chi connectivity index (χ1n) is 9.90. The SMILES string of the molecule is COc1ccc(-n2c(S[C@@H](C)C(=O)Nc3ccc([N+](=O)[O-])cc3Cl)nc3ccccc32)cc1. The van der Waals surface area contributed by atoms with Crippen molar-refractivity contribution in [2.75, 3.05) is 12.4 Å². The van der Waals surface area contributed by atoms with Gasteiger partial charge in [0.2, 0.25) is 5.91 Å². The first-order valence-corrected chi connectivity index (χ1v) is 11.2. The van der Waals surface area contributed by atoms with Gasteiger partial charge >= 0.3 is 0 Å². The summed E-state index contributed by atoms with van der Waals surface area (Å²) in [5.41, 5.74) is 2.77. The van der Waals surface area contributed by atoms with E-state index in [-0.39, 0.29) is 16.6 Å². The minimum absolute atomic E-state index is 0.0974. The van der Waals surface area contributed by atoms with E-state index < -0.39 is 10.2 Å². The van der Waals surface area contributed by atoms with Gasteiger partial charge in [0, 0.05) is 17.8 Å². The number of fused-ring (bicyclic) bond motifs is 1. The molecule has 0 unspecified atom stereocenters. The summed E-state index contributed by atoms with van der Waals surface area (Å²) in [5.74, 6) is 0.439. The third-order valence-corrected chi connectivity index (χ3v) is 6.30. The number of carbonyl (C=O) groups is 1. The summed E-state index contributed by atoms with van der Waals surface area (Å²) < 4.78 is 7.24. The molecule has 0 radical (unpaired) electrons. The number of aromatic nitrogens is 2. The largest absolute Gasteiger partial charge is 0.497 e. The maximum Gasteiger partial charge on any atom is 0.271 e. The number of anilines is 1. The van der Waals surface area contributed by atoms with Crippen molar-refractivity contribution < 1.29 is 14.5 Å². The molecule has 0 aliphatic carbocycles. The monoisotopic (exact) mass is 482 g/mol. The number of nitro benzene ring substituents is 1. The Kier molecular flexibility index (Phi) is 6.52. The second-order valence-electron chi connectivity index (χ2n) is 7.09. The molecule has 33 heavy (non-hydrogen) atoms. The fraction of sp³-hybridized carbons (Fsp3) is 0.130. The van der Waals surface area contributed by atoms with Crippen molar-refractivity contribution in [1.82, 2.24) is 9.55 Å². The number of ether oxygens (including phenoxy) is 1. The number of thioether (sulfide) groups is 1. The van der Waals surface area contributed by atoms with Crippen LogP contribution >= 0.6 is 23.4 Å². The highest BCUT2D eigenvalue weighted by Crippen LogP contribution is 2.32. The lowest BCUT2D eigenvalue weighted by atomic mass is 10.2. The molecule has 0 aliphatic heterocycles. The Balaban J connectivity index is 1.60. The highest BCUT2D eigenvalue weighted by atomic mass is 35.5. The molecule has 4 rings (SSSR count). The van der Waals surface area contributed by atoms with Crippen LogP contribution in [0.2, 0.25) is 5.02 Å². The number of methoxy groups -OCH3 is 1. The molecule has 168 valence electrons. The summed E-state index contributed by atoms with van der Waals surface area (Å²) in [5, 5.41) is 13.9. The first-order chi connectivity index (χ1) is 15.9. The summed E-state index contributed by atoms with van der Waals surface area (Å²) >= 11 is 7.41. The fourth-order valence-corrected chi connectivity index (χ4v) is 4.39. The van der Waals surface area contributed by atoms with E-state index in [9.17, 15) is 14.9 Å². The van der Waals surface area contributed by atoms with Gasteiger partial charge in [-0.1, -0.05) is 35.5 Å². The minimum atomic E-state index is -0.542. The highest BCUT2D eigenvalue weighted by Gasteiger charge is 2.21. The Labute approximate surface area is 198 Å². The molecule has 0 aliphatic rings. The highest BCUT2D eigenvalue weighted by molar-refractivity contribution is 8.00. The normalized spacial score (nSPS) is 11.8. The van der Waals surface area contributed by atoms with Crippen molar-refractivity contribution >= 4 is 51.7 Å². The molecule has 1 heterocycles. The van der Waals surface area contributed by atoms with Gasteiger partial charge in [-0.15, -0.1) is 0 Å². The Hall–Kier alpha value is -3.56. The third kappa shape index (κ3) is 4.79. The van der Waals surface area contributed by atoms with Gasteiger partial charge in [-0.3, -0.25) is 19.5 Å². The molecule has 3 aromatic carbocycles. The van der Waals surface area contributed by atoms with Crippen LogP contribution in [0.25, 0.3) is 16.7 Å². The number of nitro groups is 1. The van der Waals surface area contributed by atoms with Crippen LogP contribution in [0, 0.1) is 10.1 Å². The minimum Gasteiger partial charge on any atom is -0.497 e. The van der Waals surface area contributed by atoms with Crippen molar-refractivity contribution in [2.45, 2.75) is 17.3 Å². The van der Waals surface area contributed by atoms with E-state index in [1.807, 2.05) is 53.1 Å². The molecular weight excluding hydrogens is 464 g/mol. The number of non-ortho nitro benzene ring substituents is 1. The van der Waals surface area contributed by atoms with E-state index in [2.05, 4.69) is 5.32 Å². The van der Waals surface area contributed by atoms with E-state index in [0.717, 1.165) is 22.5 Å². The van der Waals surface area contributed by atoms with Crippen molar-refractivity contribution in [3.05, 3.63) is 81.9 Å². The summed E-state index contributed by atoms with van der Waals surface area (Å²) in [6.45, 7) is 1.76. The number of rotatable bonds is 7. The van der Waals surface area contributed by atoms with Crippen molar-refractivity contribution in [3.8, 4) is 11.4 Å². The predicted molar refractivity (Wildman–Crippen MR) is 130 cm³/mol. The fourth-order valence-electron chi connectivity index (χ4n) is 3.23. The van der Waals surface area contributed by atoms with Crippen LogP contribution < -0.4 is 10.1 Å². The molecule has 1 N–H and O–H groups in total.